The van der Waals surface area contributed by atoms with Crippen molar-refractivity contribution >= 4 is 10.0 Å². The second-order valence-corrected chi connectivity index (χ2v) is 7.43. The molecule has 0 saturated carbocycles. The van der Waals surface area contributed by atoms with Gasteiger partial charge >= 0.3 is 0 Å². The summed E-state index contributed by atoms with van der Waals surface area (Å²) >= 11 is 0. The summed E-state index contributed by atoms with van der Waals surface area (Å²) in [5.41, 5.74) is 1.58. The van der Waals surface area contributed by atoms with Crippen LogP contribution in [-0.4, -0.2) is 17.7 Å². The second kappa shape index (κ2) is 6.98. The molecule has 0 aliphatic heterocycles. The Labute approximate surface area is 141 Å². The molecule has 0 atom stereocenters. The third-order valence-corrected chi connectivity index (χ3v) is 5.39. The molecule has 0 aliphatic carbocycles. The number of rotatable bonds is 6. The van der Waals surface area contributed by atoms with Crippen molar-refractivity contribution in [2.75, 3.05) is 0 Å². The van der Waals surface area contributed by atoms with Crippen LogP contribution in [0.25, 0.3) is 0 Å². The summed E-state index contributed by atoms with van der Waals surface area (Å²) in [7, 11) is -3.66. The summed E-state index contributed by atoms with van der Waals surface area (Å²) in [6.07, 6.45) is 3.19. The highest BCUT2D eigenvalue weighted by Crippen LogP contribution is 2.21. The number of aryl methyl sites for hydroxylation is 1. The molecule has 5 nitrogen and oxygen atoms in total. The zero-order valence-electron chi connectivity index (χ0n) is 13.3. The highest BCUT2D eigenvalue weighted by atomic mass is 32.2. The first-order valence-corrected chi connectivity index (χ1v) is 8.99. The van der Waals surface area contributed by atoms with Crippen molar-refractivity contribution in [2.24, 2.45) is 0 Å². The average Bonchev–Trinajstić information content (AvgIpc) is 3.08. The molecule has 3 aromatic rings. The van der Waals surface area contributed by atoms with Crippen molar-refractivity contribution in [2.45, 2.75) is 24.9 Å². The first-order chi connectivity index (χ1) is 11.6. The molecule has 0 fully saturated rings. The first kappa shape index (κ1) is 16.4. The number of nitrogens with zero attached hydrogens (tertiary/aromatic N) is 2. The quantitative estimate of drug-likeness (QED) is 0.689. The van der Waals surface area contributed by atoms with Gasteiger partial charge in [0.1, 0.15) is 5.76 Å². The fraction of sp³-hybridized carbons (Fsp3) is 0.167. The van der Waals surface area contributed by atoms with E-state index in [9.17, 15) is 8.42 Å². The van der Waals surface area contributed by atoms with E-state index in [-0.39, 0.29) is 18.0 Å². The summed E-state index contributed by atoms with van der Waals surface area (Å²) in [4.78, 5) is 4.50. The molecule has 0 aliphatic rings. The molecule has 3 rings (SSSR count). The van der Waals surface area contributed by atoms with Crippen LogP contribution < -0.4 is 0 Å². The molecule has 6 heteroatoms. The third kappa shape index (κ3) is 3.72. The van der Waals surface area contributed by atoms with Crippen LogP contribution in [0, 0.1) is 6.92 Å². The van der Waals surface area contributed by atoms with E-state index >= 15 is 0 Å². The van der Waals surface area contributed by atoms with Gasteiger partial charge in [-0.25, -0.2) is 8.42 Å². The first-order valence-electron chi connectivity index (χ1n) is 7.55. The number of hydrogen-bond donors (Lipinski definition) is 0. The minimum Gasteiger partial charge on any atom is -0.468 e. The van der Waals surface area contributed by atoms with Crippen LogP contribution in [0.2, 0.25) is 0 Å². The fourth-order valence-electron chi connectivity index (χ4n) is 2.40. The van der Waals surface area contributed by atoms with Gasteiger partial charge in [-0.2, -0.15) is 4.31 Å². The largest absolute Gasteiger partial charge is 0.468 e. The zero-order valence-corrected chi connectivity index (χ0v) is 14.1. The molecule has 0 saturated heterocycles. The van der Waals surface area contributed by atoms with Gasteiger partial charge in [0.05, 0.1) is 29.9 Å². The maximum atomic E-state index is 13.1. The summed E-state index contributed by atoms with van der Waals surface area (Å²) in [5.74, 6) is 0.585. The van der Waals surface area contributed by atoms with E-state index in [1.54, 1.807) is 48.7 Å². The molecule has 24 heavy (non-hydrogen) atoms. The van der Waals surface area contributed by atoms with Crippen LogP contribution in [0.3, 0.4) is 0 Å². The zero-order chi connectivity index (χ0) is 17.0. The Bertz CT molecular complexity index is 891. The predicted molar refractivity (Wildman–Crippen MR) is 90.6 cm³/mol. The Balaban J connectivity index is 1.96. The summed E-state index contributed by atoms with van der Waals surface area (Å²) < 4.78 is 32.9. The monoisotopic (exact) mass is 342 g/mol. The number of pyridine rings is 1. The highest BCUT2D eigenvalue weighted by molar-refractivity contribution is 7.89. The van der Waals surface area contributed by atoms with E-state index in [4.69, 9.17) is 4.42 Å². The third-order valence-electron chi connectivity index (χ3n) is 3.60. The van der Waals surface area contributed by atoms with E-state index in [1.165, 1.54) is 10.6 Å². The molecule has 1 aromatic carbocycles. The standard InChI is InChI=1S/C18H18N2O3S/c1-15-6-4-9-18(12-15)24(21,22)20(14-17-8-5-11-23-17)13-16-7-2-3-10-19-16/h2-12H,13-14H2,1H3. The van der Waals surface area contributed by atoms with Gasteiger partial charge in [0, 0.05) is 6.20 Å². The van der Waals surface area contributed by atoms with E-state index < -0.39 is 10.0 Å². The van der Waals surface area contributed by atoms with Crippen LogP contribution in [-0.2, 0) is 23.1 Å². The van der Waals surface area contributed by atoms with Crippen LogP contribution in [0.5, 0.6) is 0 Å². The molecule has 0 unspecified atom stereocenters. The van der Waals surface area contributed by atoms with Crippen LogP contribution >= 0.6 is 0 Å². The Kier molecular flexibility index (Phi) is 4.78. The highest BCUT2D eigenvalue weighted by Gasteiger charge is 2.26. The Morgan fingerprint density at radius 3 is 2.58 bits per heavy atom. The Morgan fingerprint density at radius 2 is 1.92 bits per heavy atom. The molecular formula is C18H18N2O3S. The summed E-state index contributed by atoms with van der Waals surface area (Å²) in [5, 5.41) is 0. The number of furan rings is 1. The Hall–Kier alpha value is -2.44. The summed E-state index contributed by atoms with van der Waals surface area (Å²) in [6, 6.07) is 15.8. The number of hydrogen-bond acceptors (Lipinski definition) is 4. The SMILES string of the molecule is Cc1cccc(S(=O)(=O)N(Cc2ccccn2)Cc2ccco2)c1. The fourth-order valence-corrected chi connectivity index (χ4v) is 3.88. The van der Waals surface area contributed by atoms with E-state index in [1.807, 2.05) is 19.1 Å². The van der Waals surface area contributed by atoms with Crippen molar-refractivity contribution < 1.29 is 12.8 Å². The summed E-state index contributed by atoms with van der Waals surface area (Å²) in [6.45, 7) is 2.20. The van der Waals surface area contributed by atoms with Crippen molar-refractivity contribution in [1.82, 2.24) is 9.29 Å². The van der Waals surface area contributed by atoms with Crippen LogP contribution in [0.1, 0.15) is 17.0 Å². The average molecular weight is 342 g/mol. The topological polar surface area (TPSA) is 63.4 Å². The molecule has 0 spiro atoms. The van der Waals surface area contributed by atoms with E-state index in [2.05, 4.69) is 4.98 Å². The van der Waals surface area contributed by atoms with Crippen molar-refractivity contribution in [3.05, 3.63) is 84.1 Å². The lowest BCUT2D eigenvalue weighted by Gasteiger charge is -2.21. The molecule has 0 radical (unpaired) electrons. The number of benzene rings is 1. The van der Waals surface area contributed by atoms with Gasteiger partial charge in [-0.1, -0.05) is 18.2 Å². The van der Waals surface area contributed by atoms with Gasteiger partial charge in [0.2, 0.25) is 10.0 Å². The van der Waals surface area contributed by atoms with Gasteiger partial charge in [0.15, 0.2) is 0 Å². The maximum absolute atomic E-state index is 13.1. The molecule has 0 bridgehead atoms. The lowest BCUT2D eigenvalue weighted by atomic mass is 10.2. The molecule has 0 amide bonds. The van der Waals surface area contributed by atoms with Crippen molar-refractivity contribution in [1.29, 1.82) is 0 Å². The molecular weight excluding hydrogens is 324 g/mol. The number of aromatic nitrogens is 1. The lowest BCUT2D eigenvalue weighted by Crippen LogP contribution is -2.30. The van der Waals surface area contributed by atoms with E-state index in [0.717, 1.165) is 5.56 Å². The molecule has 2 heterocycles. The molecule has 124 valence electrons. The van der Waals surface area contributed by atoms with Gasteiger partial charge in [-0.3, -0.25) is 4.98 Å². The smallest absolute Gasteiger partial charge is 0.243 e. The maximum Gasteiger partial charge on any atom is 0.243 e. The minimum atomic E-state index is -3.66. The molecule has 0 N–H and O–H groups in total. The van der Waals surface area contributed by atoms with E-state index in [0.29, 0.717) is 11.5 Å². The van der Waals surface area contributed by atoms with Crippen molar-refractivity contribution in [3.63, 3.8) is 0 Å². The Morgan fingerprint density at radius 1 is 1.04 bits per heavy atom. The van der Waals surface area contributed by atoms with Gasteiger partial charge in [0.25, 0.3) is 0 Å². The lowest BCUT2D eigenvalue weighted by molar-refractivity contribution is 0.355. The van der Waals surface area contributed by atoms with Gasteiger partial charge < -0.3 is 4.42 Å². The van der Waals surface area contributed by atoms with Crippen LogP contribution in [0.15, 0.2) is 76.4 Å². The van der Waals surface area contributed by atoms with Crippen molar-refractivity contribution in [3.8, 4) is 0 Å². The predicted octanol–water partition coefficient (Wildman–Crippen LogP) is 3.37. The molecule has 2 aromatic heterocycles. The van der Waals surface area contributed by atoms with Gasteiger partial charge in [-0.15, -0.1) is 0 Å². The number of sulfonamides is 1. The van der Waals surface area contributed by atoms with Crippen LogP contribution in [0.4, 0.5) is 0 Å². The normalized spacial score (nSPS) is 11.8. The van der Waals surface area contributed by atoms with Gasteiger partial charge in [-0.05, 0) is 48.9 Å². The minimum absolute atomic E-state index is 0.153. The second-order valence-electron chi connectivity index (χ2n) is 5.49.